The molecule has 98 valence electrons. The van der Waals surface area contributed by atoms with E-state index in [4.69, 9.17) is 5.11 Å². The van der Waals surface area contributed by atoms with Crippen molar-refractivity contribution >= 4 is 6.03 Å². The number of nitrogens with one attached hydrogen (secondary N) is 2. The van der Waals surface area contributed by atoms with Crippen molar-refractivity contribution in [1.29, 1.82) is 0 Å². The van der Waals surface area contributed by atoms with Crippen molar-refractivity contribution in [2.24, 2.45) is 5.92 Å². The first-order valence-electron chi connectivity index (χ1n) is 6.49. The van der Waals surface area contributed by atoms with Crippen LogP contribution in [0.15, 0.2) is 24.3 Å². The maximum atomic E-state index is 11.5. The molecular formula is C14H20N2O2. The molecule has 0 spiro atoms. The summed E-state index contributed by atoms with van der Waals surface area (Å²) in [5.74, 6) is 0.834. The maximum absolute atomic E-state index is 11.5. The van der Waals surface area contributed by atoms with Crippen LogP contribution in [-0.4, -0.2) is 17.7 Å². The highest BCUT2D eigenvalue weighted by molar-refractivity contribution is 5.73. The fourth-order valence-corrected chi connectivity index (χ4v) is 1.92. The molecule has 1 fully saturated rings. The summed E-state index contributed by atoms with van der Waals surface area (Å²) in [6.07, 6.45) is 3.71. The SMILES string of the molecule is O=C(NCCC1CC1)NCc1ccccc1CO. The summed E-state index contributed by atoms with van der Waals surface area (Å²) in [6, 6.07) is 7.42. The molecule has 0 saturated heterocycles. The van der Waals surface area contributed by atoms with Gasteiger partial charge in [-0.2, -0.15) is 0 Å². The molecule has 1 aliphatic carbocycles. The van der Waals surface area contributed by atoms with E-state index in [0.29, 0.717) is 6.54 Å². The average Bonchev–Trinajstić information content (AvgIpc) is 3.21. The quantitative estimate of drug-likeness (QED) is 0.718. The van der Waals surface area contributed by atoms with Gasteiger partial charge >= 0.3 is 6.03 Å². The van der Waals surface area contributed by atoms with Crippen LogP contribution >= 0.6 is 0 Å². The monoisotopic (exact) mass is 248 g/mol. The van der Waals surface area contributed by atoms with E-state index in [9.17, 15) is 4.79 Å². The lowest BCUT2D eigenvalue weighted by molar-refractivity contribution is 0.240. The zero-order chi connectivity index (χ0) is 12.8. The van der Waals surface area contributed by atoms with E-state index in [2.05, 4.69) is 10.6 Å². The van der Waals surface area contributed by atoms with Gasteiger partial charge in [-0.05, 0) is 23.5 Å². The first-order chi connectivity index (χ1) is 8.79. The Bertz CT molecular complexity index is 403. The standard InChI is InChI=1S/C14H20N2O2/c17-10-13-4-2-1-3-12(13)9-16-14(18)15-8-7-11-5-6-11/h1-4,11,17H,5-10H2,(H2,15,16,18). The van der Waals surface area contributed by atoms with Crippen LogP contribution in [0.3, 0.4) is 0 Å². The van der Waals surface area contributed by atoms with Crippen LogP contribution < -0.4 is 10.6 Å². The Morgan fingerprint density at radius 3 is 2.61 bits per heavy atom. The van der Waals surface area contributed by atoms with Gasteiger partial charge in [-0.15, -0.1) is 0 Å². The Morgan fingerprint density at radius 1 is 1.22 bits per heavy atom. The number of aliphatic hydroxyl groups is 1. The lowest BCUT2D eigenvalue weighted by Crippen LogP contribution is -2.35. The molecule has 0 aliphatic heterocycles. The summed E-state index contributed by atoms with van der Waals surface area (Å²) in [5, 5.41) is 14.8. The van der Waals surface area contributed by atoms with Crippen LogP contribution in [0.5, 0.6) is 0 Å². The topological polar surface area (TPSA) is 61.4 Å². The van der Waals surface area contributed by atoms with Crippen LogP contribution in [0, 0.1) is 5.92 Å². The minimum absolute atomic E-state index is 0.00114. The van der Waals surface area contributed by atoms with Crippen molar-refractivity contribution in [3.05, 3.63) is 35.4 Å². The molecule has 0 bridgehead atoms. The number of benzene rings is 1. The number of aliphatic hydroxyl groups excluding tert-OH is 1. The number of carbonyl (C=O) groups is 1. The van der Waals surface area contributed by atoms with Gasteiger partial charge in [0.2, 0.25) is 0 Å². The van der Waals surface area contributed by atoms with Crippen LogP contribution in [-0.2, 0) is 13.2 Å². The minimum atomic E-state index is -0.136. The lowest BCUT2D eigenvalue weighted by atomic mass is 10.1. The number of hydrogen-bond acceptors (Lipinski definition) is 2. The molecule has 0 unspecified atom stereocenters. The van der Waals surface area contributed by atoms with E-state index in [1.54, 1.807) is 0 Å². The van der Waals surface area contributed by atoms with Crippen molar-refractivity contribution in [2.75, 3.05) is 6.54 Å². The van der Waals surface area contributed by atoms with Gasteiger partial charge in [-0.1, -0.05) is 37.1 Å². The minimum Gasteiger partial charge on any atom is -0.392 e. The number of amides is 2. The molecule has 0 atom stereocenters. The molecule has 2 amide bonds. The van der Waals surface area contributed by atoms with Crippen LogP contribution in [0.25, 0.3) is 0 Å². The van der Waals surface area contributed by atoms with Gasteiger partial charge in [0, 0.05) is 13.1 Å². The van der Waals surface area contributed by atoms with Gasteiger partial charge in [0.15, 0.2) is 0 Å². The normalized spacial score (nSPS) is 14.3. The second-order valence-corrected chi connectivity index (χ2v) is 4.77. The third kappa shape index (κ3) is 4.04. The zero-order valence-corrected chi connectivity index (χ0v) is 10.5. The van der Waals surface area contributed by atoms with Gasteiger partial charge in [0.05, 0.1) is 6.61 Å². The first-order valence-corrected chi connectivity index (χ1v) is 6.49. The van der Waals surface area contributed by atoms with Crippen molar-refractivity contribution in [3.8, 4) is 0 Å². The Balaban J connectivity index is 1.70. The van der Waals surface area contributed by atoms with Gasteiger partial charge < -0.3 is 15.7 Å². The molecule has 0 aromatic heterocycles. The fourth-order valence-electron chi connectivity index (χ4n) is 1.92. The van der Waals surface area contributed by atoms with Gasteiger partial charge in [-0.25, -0.2) is 4.79 Å². The van der Waals surface area contributed by atoms with Crippen molar-refractivity contribution in [1.82, 2.24) is 10.6 Å². The van der Waals surface area contributed by atoms with Crippen LogP contribution in [0.4, 0.5) is 4.79 Å². The summed E-state index contributed by atoms with van der Waals surface area (Å²) in [5.41, 5.74) is 1.81. The predicted octanol–water partition coefficient (Wildman–Crippen LogP) is 1.78. The molecular weight excluding hydrogens is 228 g/mol. The predicted molar refractivity (Wildman–Crippen MR) is 69.9 cm³/mol. The van der Waals surface area contributed by atoms with E-state index in [-0.39, 0.29) is 12.6 Å². The lowest BCUT2D eigenvalue weighted by Gasteiger charge is -2.10. The van der Waals surface area contributed by atoms with E-state index < -0.39 is 0 Å². The summed E-state index contributed by atoms with van der Waals surface area (Å²) < 4.78 is 0. The van der Waals surface area contributed by atoms with Crippen LogP contribution in [0.2, 0.25) is 0 Å². The van der Waals surface area contributed by atoms with E-state index in [0.717, 1.165) is 30.0 Å². The van der Waals surface area contributed by atoms with E-state index >= 15 is 0 Å². The molecule has 0 radical (unpaired) electrons. The summed E-state index contributed by atoms with van der Waals surface area (Å²) in [6.45, 7) is 1.20. The molecule has 1 aromatic rings. The molecule has 2 rings (SSSR count). The molecule has 0 heterocycles. The number of carbonyl (C=O) groups excluding carboxylic acids is 1. The average molecular weight is 248 g/mol. The second-order valence-electron chi connectivity index (χ2n) is 4.77. The van der Waals surface area contributed by atoms with Gasteiger partial charge in [0.25, 0.3) is 0 Å². The highest BCUT2D eigenvalue weighted by Crippen LogP contribution is 2.31. The molecule has 18 heavy (non-hydrogen) atoms. The van der Waals surface area contributed by atoms with Crippen molar-refractivity contribution < 1.29 is 9.90 Å². The Labute approximate surface area is 107 Å². The van der Waals surface area contributed by atoms with Crippen molar-refractivity contribution in [3.63, 3.8) is 0 Å². The fraction of sp³-hybridized carbons (Fsp3) is 0.500. The highest BCUT2D eigenvalue weighted by atomic mass is 16.3. The smallest absolute Gasteiger partial charge is 0.315 e. The van der Waals surface area contributed by atoms with Crippen molar-refractivity contribution in [2.45, 2.75) is 32.4 Å². The third-order valence-corrected chi connectivity index (χ3v) is 3.26. The molecule has 1 saturated carbocycles. The maximum Gasteiger partial charge on any atom is 0.315 e. The molecule has 3 N–H and O–H groups in total. The number of rotatable bonds is 6. The van der Waals surface area contributed by atoms with Gasteiger partial charge in [-0.3, -0.25) is 0 Å². The van der Waals surface area contributed by atoms with E-state index in [1.165, 1.54) is 12.8 Å². The largest absolute Gasteiger partial charge is 0.392 e. The van der Waals surface area contributed by atoms with Gasteiger partial charge in [0.1, 0.15) is 0 Å². The molecule has 4 heteroatoms. The molecule has 1 aromatic carbocycles. The van der Waals surface area contributed by atoms with Crippen LogP contribution in [0.1, 0.15) is 30.4 Å². The number of urea groups is 1. The first kappa shape index (κ1) is 12.9. The third-order valence-electron chi connectivity index (χ3n) is 3.26. The molecule has 4 nitrogen and oxygen atoms in total. The molecule has 1 aliphatic rings. The summed E-state index contributed by atoms with van der Waals surface area (Å²) in [4.78, 5) is 11.5. The second kappa shape index (κ2) is 6.40. The Morgan fingerprint density at radius 2 is 1.94 bits per heavy atom. The Kier molecular flexibility index (Phi) is 4.59. The zero-order valence-electron chi connectivity index (χ0n) is 10.5. The summed E-state index contributed by atoms with van der Waals surface area (Å²) >= 11 is 0. The van der Waals surface area contributed by atoms with E-state index in [1.807, 2.05) is 24.3 Å². The Hall–Kier alpha value is -1.55. The summed E-state index contributed by atoms with van der Waals surface area (Å²) in [7, 11) is 0. The highest BCUT2D eigenvalue weighted by Gasteiger charge is 2.20. The number of hydrogen-bond donors (Lipinski definition) is 3.